The smallest absolute Gasteiger partial charge is 0.414 e. The summed E-state index contributed by atoms with van der Waals surface area (Å²) in [4.78, 5) is 17.3. The number of allylic oxidation sites excluding steroid dienone is 1. The molecular formula is C30H28Cl2N4O3. The number of rotatable bonds is 6. The van der Waals surface area contributed by atoms with Gasteiger partial charge in [-0.3, -0.25) is 4.98 Å². The van der Waals surface area contributed by atoms with Gasteiger partial charge in [-0.25, -0.2) is 9.48 Å². The van der Waals surface area contributed by atoms with Crippen molar-refractivity contribution < 1.29 is 14.3 Å². The van der Waals surface area contributed by atoms with Gasteiger partial charge in [0.25, 0.3) is 0 Å². The van der Waals surface area contributed by atoms with E-state index in [1.165, 1.54) is 0 Å². The number of hydrogen-bond donors (Lipinski definition) is 1. The van der Waals surface area contributed by atoms with Gasteiger partial charge in [-0.05, 0) is 92.3 Å². The monoisotopic (exact) mass is 562 g/mol. The van der Waals surface area contributed by atoms with Crippen molar-refractivity contribution in [1.82, 2.24) is 20.1 Å². The summed E-state index contributed by atoms with van der Waals surface area (Å²) in [5.74, 6) is 1.04. The minimum Gasteiger partial charge on any atom is -0.497 e. The number of fused-ring (bicyclic) bond motifs is 1. The Bertz CT molecular complexity index is 1500. The highest BCUT2D eigenvalue weighted by molar-refractivity contribution is 6.35. The van der Waals surface area contributed by atoms with Gasteiger partial charge >= 0.3 is 6.09 Å². The number of hydrogen-bond acceptors (Lipinski definition) is 5. The molecule has 0 bridgehead atoms. The van der Waals surface area contributed by atoms with Gasteiger partial charge in [0.1, 0.15) is 5.75 Å². The van der Waals surface area contributed by atoms with Crippen molar-refractivity contribution in [2.75, 3.05) is 7.11 Å². The van der Waals surface area contributed by atoms with E-state index in [0.29, 0.717) is 22.2 Å². The predicted octanol–water partition coefficient (Wildman–Crippen LogP) is 7.70. The zero-order valence-corrected chi connectivity index (χ0v) is 23.2. The standard InChI is InChI=1S/C30H28Cl2N4O3/c1-19(26-9-5-6-16-33-26)34-30(37)39-29-24-8-4-3-7-21(17-20-10-13-23(38-2)14-11-20)28(24)36(35-29)27-15-12-22(31)18-25(27)32/h5-6,9-19H,3-4,7-8H2,1-2H3,(H,34,37)/b21-17+. The zero-order chi connectivity index (χ0) is 27.4. The van der Waals surface area contributed by atoms with E-state index in [1.807, 2.05) is 55.5 Å². The SMILES string of the molecule is COc1ccc(/C=C2\CCCCc3c(OC(=O)NC(C)c4ccccn4)nn(-c4ccc(Cl)cc4Cl)c32)cc1. The molecule has 200 valence electrons. The van der Waals surface area contributed by atoms with Gasteiger partial charge in [0.15, 0.2) is 0 Å². The highest BCUT2D eigenvalue weighted by Gasteiger charge is 2.27. The maximum Gasteiger partial charge on any atom is 0.414 e. The fourth-order valence-electron chi connectivity index (χ4n) is 4.67. The topological polar surface area (TPSA) is 78.3 Å². The fourth-order valence-corrected chi connectivity index (χ4v) is 5.16. The molecule has 39 heavy (non-hydrogen) atoms. The van der Waals surface area contributed by atoms with Gasteiger partial charge in [-0.2, -0.15) is 0 Å². The zero-order valence-electron chi connectivity index (χ0n) is 21.7. The Kier molecular flexibility index (Phi) is 8.19. The van der Waals surface area contributed by atoms with E-state index >= 15 is 0 Å². The van der Waals surface area contributed by atoms with Gasteiger partial charge in [-0.15, -0.1) is 5.10 Å². The predicted molar refractivity (Wildman–Crippen MR) is 154 cm³/mol. The maximum absolute atomic E-state index is 13.0. The molecule has 1 N–H and O–H groups in total. The van der Waals surface area contributed by atoms with E-state index in [2.05, 4.69) is 16.4 Å². The van der Waals surface area contributed by atoms with Crippen LogP contribution in [0.1, 0.15) is 54.7 Å². The molecule has 1 unspecified atom stereocenters. The molecule has 0 spiro atoms. The molecule has 5 rings (SSSR count). The second-order valence-electron chi connectivity index (χ2n) is 9.30. The molecule has 1 aliphatic carbocycles. The molecule has 1 atom stereocenters. The highest BCUT2D eigenvalue weighted by Crippen LogP contribution is 2.39. The van der Waals surface area contributed by atoms with Crippen molar-refractivity contribution in [3.05, 3.63) is 99.4 Å². The Morgan fingerprint density at radius 2 is 1.87 bits per heavy atom. The van der Waals surface area contributed by atoms with Crippen molar-refractivity contribution in [2.45, 2.75) is 38.6 Å². The minimum absolute atomic E-state index is 0.254. The van der Waals surface area contributed by atoms with Crippen LogP contribution >= 0.6 is 23.2 Å². The summed E-state index contributed by atoms with van der Waals surface area (Å²) in [7, 11) is 1.65. The first kappa shape index (κ1) is 26.8. The number of carbonyl (C=O) groups is 1. The van der Waals surface area contributed by atoms with Gasteiger partial charge in [0.05, 0.1) is 35.2 Å². The van der Waals surface area contributed by atoms with Crippen LogP contribution in [-0.4, -0.2) is 28.0 Å². The summed E-state index contributed by atoms with van der Waals surface area (Å²) in [6.07, 6.45) is 6.67. The number of nitrogens with zero attached hydrogens (tertiary/aromatic N) is 3. The van der Waals surface area contributed by atoms with E-state index < -0.39 is 6.09 Å². The number of pyridine rings is 1. The lowest BCUT2D eigenvalue weighted by Gasteiger charge is -2.13. The molecule has 2 heterocycles. The van der Waals surface area contributed by atoms with E-state index in [4.69, 9.17) is 37.8 Å². The third kappa shape index (κ3) is 6.10. The van der Waals surface area contributed by atoms with Crippen molar-refractivity contribution >= 4 is 40.9 Å². The Hall–Kier alpha value is -3.81. The first-order chi connectivity index (χ1) is 18.9. The third-order valence-electron chi connectivity index (χ3n) is 6.62. The number of methoxy groups -OCH3 is 1. The molecule has 2 aromatic carbocycles. The number of benzene rings is 2. The van der Waals surface area contributed by atoms with Gasteiger partial charge in [0, 0.05) is 16.8 Å². The Morgan fingerprint density at radius 1 is 1.08 bits per heavy atom. The van der Waals surface area contributed by atoms with Crippen LogP contribution in [0.2, 0.25) is 10.0 Å². The fraction of sp³-hybridized carbons (Fsp3) is 0.233. The molecule has 0 radical (unpaired) electrons. The van der Waals surface area contributed by atoms with Crippen molar-refractivity contribution in [3.8, 4) is 17.3 Å². The Balaban J connectivity index is 1.56. The molecule has 0 fully saturated rings. The van der Waals surface area contributed by atoms with Crippen LogP contribution in [0.25, 0.3) is 17.3 Å². The molecule has 4 aromatic rings. The van der Waals surface area contributed by atoms with E-state index in [1.54, 1.807) is 30.1 Å². The number of amides is 1. The largest absolute Gasteiger partial charge is 0.497 e. The second-order valence-corrected chi connectivity index (χ2v) is 10.1. The molecule has 0 saturated carbocycles. The molecule has 9 heteroatoms. The molecule has 7 nitrogen and oxygen atoms in total. The summed E-state index contributed by atoms with van der Waals surface area (Å²) >= 11 is 12.8. The van der Waals surface area contributed by atoms with Crippen LogP contribution < -0.4 is 14.8 Å². The lowest BCUT2D eigenvalue weighted by molar-refractivity contribution is 0.194. The molecular weight excluding hydrogens is 535 g/mol. The van der Waals surface area contributed by atoms with Crippen LogP contribution in [0.15, 0.2) is 66.9 Å². The van der Waals surface area contributed by atoms with Crippen molar-refractivity contribution in [1.29, 1.82) is 0 Å². The van der Waals surface area contributed by atoms with Crippen LogP contribution in [0, 0.1) is 0 Å². The van der Waals surface area contributed by atoms with Crippen LogP contribution in [0.5, 0.6) is 11.6 Å². The number of aromatic nitrogens is 3. The maximum atomic E-state index is 13.0. The van der Waals surface area contributed by atoms with Crippen molar-refractivity contribution in [3.63, 3.8) is 0 Å². The lowest BCUT2D eigenvalue weighted by atomic mass is 10.0. The molecule has 0 aliphatic heterocycles. The van der Waals surface area contributed by atoms with E-state index in [-0.39, 0.29) is 11.9 Å². The van der Waals surface area contributed by atoms with E-state index in [9.17, 15) is 4.79 Å². The summed E-state index contributed by atoms with van der Waals surface area (Å²) in [6, 6.07) is 18.4. The number of ether oxygens (including phenoxy) is 2. The van der Waals surface area contributed by atoms with Crippen molar-refractivity contribution in [2.24, 2.45) is 0 Å². The van der Waals surface area contributed by atoms with E-state index in [0.717, 1.165) is 53.1 Å². The lowest BCUT2D eigenvalue weighted by Crippen LogP contribution is -2.30. The average Bonchev–Trinajstić information content (AvgIpc) is 3.14. The van der Waals surface area contributed by atoms with Gasteiger partial charge in [-0.1, -0.05) is 41.4 Å². The summed E-state index contributed by atoms with van der Waals surface area (Å²) in [6.45, 7) is 1.85. The normalized spacial score (nSPS) is 14.8. The third-order valence-corrected chi connectivity index (χ3v) is 7.16. The summed E-state index contributed by atoms with van der Waals surface area (Å²) < 4.78 is 12.9. The minimum atomic E-state index is -0.604. The first-order valence-electron chi connectivity index (χ1n) is 12.7. The summed E-state index contributed by atoms with van der Waals surface area (Å²) in [5, 5.41) is 8.59. The average molecular weight is 563 g/mol. The number of halogens is 2. The molecule has 0 saturated heterocycles. The summed E-state index contributed by atoms with van der Waals surface area (Å²) in [5.41, 5.74) is 5.21. The van der Waals surface area contributed by atoms with Crippen LogP contribution in [-0.2, 0) is 6.42 Å². The number of nitrogens with one attached hydrogen (secondary N) is 1. The molecule has 2 aromatic heterocycles. The van der Waals surface area contributed by atoms with Gasteiger partial charge < -0.3 is 14.8 Å². The quantitative estimate of drug-likeness (QED) is 0.243. The van der Waals surface area contributed by atoms with Crippen LogP contribution in [0.3, 0.4) is 0 Å². The van der Waals surface area contributed by atoms with Crippen LogP contribution in [0.4, 0.5) is 4.79 Å². The molecule has 1 amide bonds. The van der Waals surface area contributed by atoms with Gasteiger partial charge in [0.2, 0.25) is 5.88 Å². The Morgan fingerprint density at radius 3 is 2.59 bits per heavy atom. The second kappa shape index (κ2) is 11.9. The molecule has 1 aliphatic rings. The highest BCUT2D eigenvalue weighted by atomic mass is 35.5. The Labute approximate surface area is 237 Å². The number of carbonyl (C=O) groups excluding carboxylic acids is 1. The first-order valence-corrected chi connectivity index (χ1v) is 13.5.